The fraction of sp³-hybridized carbons (Fsp3) is 0.519. The van der Waals surface area contributed by atoms with Crippen LogP contribution in [0.2, 0.25) is 0 Å². The van der Waals surface area contributed by atoms with E-state index in [9.17, 15) is 14.7 Å². The van der Waals surface area contributed by atoms with E-state index in [4.69, 9.17) is 24.5 Å². The van der Waals surface area contributed by atoms with Gasteiger partial charge in [0.15, 0.2) is 5.82 Å². The Morgan fingerprint density at radius 1 is 0.929 bits per heavy atom. The van der Waals surface area contributed by atoms with Gasteiger partial charge in [0.1, 0.15) is 28.6 Å². The number of aromatic hydroxyl groups is 1. The summed E-state index contributed by atoms with van der Waals surface area (Å²) in [5.41, 5.74) is 3.64. The number of carbonyl (C=O) groups is 2. The summed E-state index contributed by atoms with van der Waals surface area (Å²) in [7, 11) is 1.93. The molecule has 2 amide bonds. The Balaban J connectivity index is 0.716. The molecule has 8 heterocycles. The molecule has 12 rings (SSSR count). The van der Waals surface area contributed by atoms with Gasteiger partial charge in [-0.15, -0.1) is 0 Å². The van der Waals surface area contributed by atoms with Crippen LogP contribution in [0.4, 0.5) is 14.6 Å². The van der Waals surface area contributed by atoms with Gasteiger partial charge >= 0.3 is 6.01 Å². The number of fused-ring (bicyclic) bond motifs is 3. The second kappa shape index (κ2) is 17.8. The van der Waals surface area contributed by atoms with Gasteiger partial charge in [-0.3, -0.25) is 24.6 Å². The molecule has 5 aliphatic heterocycles. The van der Waals surface area contributed by atoms with Gasteiger partial charge in [0, 0.05) is 68.1 Å². The Bertz CT molecular complexity index is 3050. The third-order valence-corrected chi connectivity index (χ3v) is 16.8. The predicted octanol–water partition coefficient (Wildman–Crippen LogP) is 8.06. The molecule has 16 heteroatoms. The van der Waals surface area contributed by atoms with E-state index in [0.717, 1.165) is 120 Å². The van der Waals surface area contributed by atoms with Crippen LogP contribution >= 0.6 is 0 Å². The summed E-state index contributed by atoms with van der Waals surface area (Å²) in [4.78, 5) is 46.3. The number of anilines is 1. The minimum absolute atomic E-state index is 0.0146. The van der Waals surface area contributed by atoms with Crippen molar-refractivity contribution in [2.75, 3.05) is 63.9 Å². The summed E-state index contributed by atoms with van der Waals surface area (Å²) in [6.07, 6.45) is 12.2. The number of halogens is 2. The average Bonchev–Trinajstić information content (AvgIpc) is 4.05. The van der Waals surface area contributed by atoms with E-state index in [2.05, 4.69) is 43.2 Å². The van der Waals surface area contributed by atoms with Crippen molar-refractivity contribution in [1.82, 2.24) is 39.8 Å². The lowest BCUT2D eigenvalue weighted by atomic mass is 9.86. The monoisotopic (exact) mass is 953 g/mol. The average molecular weight is 954 g/mol. The lowest BCUT2D eigenvalue weighted by molar-refractivity contribution is -0.151. The Kier molecular flexibility index (Phi) is 11.5. The Labute approximate surface area is 405 Å². The standard InChI is InChI=1S/C54H61F2N9O5/c1-3-37-42(55)9-6-34-25-36(66)27-40(45(34)37)48-46(56)49-41(28-57-48)50(65-19-4-15-54(30-65)18-24-70-54)60-52(59-49)69-31-53(16-17-53)29-63-20-13-35(14-21-63)64-22-11-32(12-23-64)33-5-7-38-43(26-33)62(2)61-47(38)39-8-10-44(67)58-51(39)68/h5-7,9,25-28,32,35,39,66H,3-4,8,10-24,29-31H2,1-2H3,(H,58,67,68)/t39?,54-/m0/s1. The molecule has 1 unspecified atom stereocenters. The highest BCUT2D eigenvalue weighted by atomic mass is 19.1. The number of benzene rings is 3. The first kappa shape index (κ1) is 45.3. The van der Waals surface area contributed by atoms with Crippen molar-refractivity contribution in [3.8, 4) is 23.0 Å². The zero-order valence-corrected chi connectivity index (χ0v) is 40.1. The fourth-order valence-electron chi connectivity index (χ4n) is 12.6. The van der Waals surface area contributed by atoms with E-state index < -0.39 is 17.6 Å². The molecular formula is C54H61F2N9O5. The molecule has 6 aromatic rings. The normalized spacial score (nSPS) is 23.7. The molecule has 366 valence electrons. The van der Waals surface area contributed by atoms with E-state index in [0.29, 0.717) is 77.5 Å². The Morgan fingerprint density at radius 2 is 1.74 bits per heavy atom. The number of likely N-dealkylation sites (tertiary alicyclic amines) is 2. The first-order valence-corrected chi connectivity index (χ1v) is 25.5. The highest BCUT2D eigenvalue weighted by Crippen LogP contribution is 2.48. The van der Waals surface area contributed by atoms with E-state index in [1.54, 1.807) is 18.3 Å². The second-order valence-electron chi connectivity index (χ2n) is 21.2. The van der Waals surface area contributed by atoms with Crippen LogP contribution < -0.4 is 15.0 Å². The molecule has 3 aromatic carbocycles. The van der Waals surface area contributed by atoms with Crippen LogP contribution in [0.25, 0.3) is 43.8 Å². The predicted molar refractivity (Wildman–Crippen MR) is 262 cm³/mol. The maximum atomic E-state index is 17.2. The quantitative estimate of drug-likeness (QED) is 0.121. The van der Waals surface area contributed by atoms with Crippen LogP contribution in [0, 0.1) is 17.0 Å². The van der Waals surface area contributed by atoms with Crippen LogP contribution in [0.5, 0.6) is 11.8 Å². The molecule has 2 N–H and O–H groups in total. The van der Waals surface area contributed by atoms with Crippen LogP contribution in [-0.2, 0) is 27.8 Å². The SMILES string of the molecule is CCc1c(F)ccc2cc(O)cc(-c3ncc4c(N5CCC[C@]6(CCO6)C5)nc(OCC5(CN6CCC(N7CCC(c8ccc9c(C%10CCC(=O)NC%10=O)nn(C)c9c8)CC7)CC6)CC5)nc4c3F)c12. The first-order valence-electron chi connectivity index (χ1n) is 25.5. The lowest BCUT2D eigenvalue weighted by Gasteiger charge is -2.48. The summed E-state index contributed by atoms with van der Waals surface area (Å²) in [6.45, 7) is 9.50. The molecule has 0 radical (unpaired) electrons. The van der Waals surface area contributed by atoms with Gasteiger partial charge < -0.3 is 29.3 Å². The molecule has 1 spiro atoms. The van der Waals surface area contributed by atoms with Crippen molar-refractivity contribution in [2.45, 2.75) is 107 Å². The minimum atomic E-state index is -0.669. The number of rotatable bonds is 11. The molecule has 5 saturated heterocycles. The number of amides is 2. The Hall–Kier alpha value is -5.84. The molecule has 0 bridgehead atoms. The van der Waals surface area contributed by atoms with Gasteiger partial charge in [0.05, 0.1) is 41.3 Å². The van der Waals surface area contributed by atoms with E-state index in [1.807, 2.05) is 18.7 Å². The molecule has 14 nitrogen and oxygen atoms in total. The van der Waals surface area contributed by atoms with Crippen molar-refractivity contribution < 1.29 is 33.0 Å². The number of hydrogen-bond donors (Lipinski definition) is 2. The number of phenols is 1. The number of piperidine rings is 4. The molecule has 1 aliphatic carbocycles. The number of pyridine rings is 1. The maximum Gasteiger partial charge on any atom is 0.319 e. The van der Waals surface area contributed by atoms with Crippen molar-refractivity contribution in [3.63, 3.8) is 0 Å². The second-order valence-corrected chi connectivity index (χ2v) is 21.2. The fourth-order valence-corrected chi connectivity index (χ4v) is 12.6. The smallest absolute Gasteiger partial charge is 0.319 e. The molecule has 6 fully saturated rings. The number of aryl methyl sites for hydroxylation is 2. The number of phenolic OH excluding ortho intramolecular Hbond substituents is 1. The molecule has 1 saturated carbocycles. The van der Waals surface area contributed by atoms with Gasteiger partial charge in [0.25, 0.3) is 0 Å². The molecule has 70 heavy (non-hydrogen) atoms. The summed E-state index contributed by atoms with van der Waals surface area (Å²) in [5, 5.41) is 20.6. The first-order chi connectivity index (χ1) is 34.0. The van der Waals surface area contributed by atoms with E-state index in [1.165, 1.54) is 17.7 Å². The Morgan fingerprint density at radius 3 is 2.49 bits per heavy atom. The van der Waals surface area contributed by atoms with Crippen molar-refractivity contribution >= 4 is 50.2 Å². The number of carbonyl (C=O) groups excluding carboxylic acids is 2. The topological polar surface area (TPSA) is 151 Å². The van der Waals surface area contributed by atoms with E-state index >= 15 is 8.78 Å². The van der Waals surface area contributed by atoms with Gasteiger partial charge in [-0.1, -0.05) is 25.1 Å². The summed E-state index contributed by atoms with van der Waals surface area (Å²) in [5.74, 6) is -0.968. The minimum Gasteiger partial charge on any atom is -0.508 e. The van der Waals surface area contributed by atoms with Gasteiger partial charge in [-0.05, 0) is 142 Å². The number of nitrogens with one attached hydrogen (secondary N) is 1. The summed E-state index contributed by atoms with van der Waals surface area (Å²) in [6, 6.07) is 13.3. The van der Waals surface area contributed by atoms with Crippen LogP contribution in [0.3, 0.4) is 0 Å². The van der Waals surface area contributed by atoms with Gasteiger partial charge in [0.2, 0.25) is 11.8 Å². The molecule has 3 aromatic heterocycles. The van der Waals surface area contributed by atoms with Crippen molar-refractivity contribution in [2.24, 2.45) is 12.5 Å². The molecular weight excluding hydrogens is 893 g/mol. The van der Waals surface area contributed by atoms with Crippen molar-refractivity contribution in [1.29, 1.82) is 0 Å². The van der Waals surface area contributed by atoms with Gasteiger partial charge in [-0.2, -0.15) is 15.1 Å². The van der Waals surface area contributed by atoms with E-state index in [-0.39, 0.29) is 45.8 Å². The third kappa shape index (κ3) is 8.22. The molecule has 6 aliphatic rings. The maximum absolute atomic E-state index is 17.2. The van der Waals surface area contributed by atoms with Crippen LogP contribution in [0.15, 0.2) is 48.7 Å². The van der Waals surface area contributed by atoms with Crippen LogP contribution in [-0.4, -0.2) is 122 Å². The van der Waals surface area contributed by atoms with Crippen molar-refractivity contribution in [3.05, 3.63) is 77.1 Å². The zero-order chi connectivity index (χ0) is 47.9. The summed E-state index contributed by atoms with van der Waals surface area (Å²) >= 11 is 0. The summed E-state index contributed by atoms with van der Waals surface area (Å²) < 4.78 is 47.0. The molecule has 2 atom stereocenters. The zero-order valence-electron chi connectivity index (χ0n) is 40.1. The number of aromatic nitrogens is 5. The number of hydrogen-bond acceptors (Lipinski definition) is 12. The third-order valence-electron chi connectivity index (χ3n) is 16.8. The number of imide groups is 1. The largest absolute Gasteiger partial charge is 0.508 e. The highest BCUT2D eigenvalue weighted by Gasteiger charge is 2.46. The number of nitrogens with zero attached hydrogens (tertiary/aromatic N) is 8. The van der Waals surface area contributed by atoms with Gasteiger partial charge in [-0.25, -0.2) is 8.78 Å². The van der Waals surface area contributed by atoms with Crippen LogP contribution in [0.1, 0.15) is 106 Å². The lowest BCUT2D eigenvalue weighted by Crippen LogP contribution is -2.56. The highest BCUT2D eigenvalue weighted by molar-refractivity contribution is 6.03. The number of ether oxygens (including phenoxy) is 2.